The lowest BCUT2D eigenvalue weighted by molar-refractivity contribution is -0.907. The second-order valence-electron chi connectivity index (χ2n) is 8.41. The molecule has 0 amide bonds. The van der Waals surface area contributed by atoms with Gasteiger partial charge in [-0.15, -0.1) is 0 Å². The van der Waals surface area contributed by atoms with Gasteiger partial charge in [0.15, 0.2) is 0 Å². The number of halogens is 2. The van der Waals surface area contributed by atoms with Crippen molar-refractivity contribution < 1.29 is 8.97 Å². The highest BCUT2D eigenvalue weighted by atomic mass is 79.9. The van der Waals surface area contributed by atoms with E-state index in [0.717, 1.165) is 35.1 Å². The lowest BCUT2D eigenvalue weighted by Gasteiger charge is -2.37. The van der Waals surface area contributed by atoms with Gasteiger partial charge in [0.05, 0.1) is 40.3 Å². The third-order valence-electron chi connectivity index (χ3n) is 5.67. The highest BCUT2D eigenvalue weighted by Gasteiger charge is 2.28. The molecule has 0 aliphatic heterocycles. The van der Waals surface area contributed by atoms with Crippen LogP contribution in [0.25, 0.3) is 0 Å². The fraction of sp³-hybridized carbons (Fsp3) is 0.667. The Labute approximate surface area is 192 Å². The first-order chi connectivity index (χ1) is 13.3. The largest absolute Gasteiger partial charge is 0.308 e. The zero-order chi connectivity index (χ0) is 21.5. The van der Waals surface area contributed by atoms with E-state index in [1.807, 2.05) is 24.3 Å². The van der Waals surface area contributed by atoms with Crippen LogP contribution in [0.2, 0.25) is 0 Å². The Morgan fingerprint density at radius 3 is 1.07 bits per heavy atom. The van der Waals surface area contributed by atoms with E-state index in [0.29, 0.717) is 9.90 Å². The highest BCUT2D eigenvalue weighted by molar-refractivity contribution is 9.09. The molecule has 0 rings (SSSR count). The van der Waals surface area contributed by atoms with Crippen molar-refractivity contribution in [1.29, 1.82) is 0 Å². The van der Waals surface area contributed by atoms with Gasteiger partial charge < -0.3 is 8.97 Å². The number of alkyl halides is 2. The molecule has 2 nitrogen and oxygen atoms in total. The van der Waals surface area contributed by atoms with Crippen molar-refractivity contribution >= 4 is 31.9 Å². The van der Waals surface area contributed by atoms with Crippen LogP contribution in [0.4, 0.5) is 0 Å². The molecular formula is C24H44Br2N2+2. The van der Waals surface area contributed by atoms with Crippen molar-refractivity contribution in [3.05, 3.63) is 50.6 Å². The molecule has 0 bridgehead atoms. The van der Waals surface area contributed by atoms with Gasteiger partial charge in [0, 0.05) is 12.8 Å². The third-order valence-corrected chi connectivity index (χ3v) is 8.57. The summed E-state index contributed by atoms with van der Waals surface area (Å²) in [5.41, 5.74) is 0. The van der Waals surface area contributed by atoms with Gasteiger partial charge in [0.2, 0.25) is 0 Å². The first-order valence-corrected chi connectivity index (χ1v) is 12.5. The molecule has 0 radical (unpaired) electrons. The Morgan fingerprint density at radius 2 is 0.821 bits per heavy atom. The molecule has 0 aromatic carbocycles. The smallest absolute Gasteiger partial charge is 0.144 e. The summed E-state index contributed by atoms with van der Waals surface area (Å²) in [6.45, 7) is 19.6. The van der Waals surface area contributed by atoms with Crippen LogP contribution in [0.5, 0.6) is 0 Å². The maximum absolute atomic E-state index is 3.91. The van der Waals surface area contributed by atoms with Gasteiger partial charge >= 0.3 is 0 Å². The van der Waals surface area contributed by atoms with E-state index in [1.165, 1.54) is 51.4 Å². The van der Waals surface area contributed by atoms with Crippen molar-refractivity contribution in [3.63, 3.8) is 0 Å². The Bertz CT molecular complexity index is 400. The van der Waals surface area contributed by atoms with Crippen LogP contribution in [-0.2, 0) is 0 Å². The summed E-state index contributed by atoms with van der Waals surface area (Å²) in [5, 5.41) is 0. The van der Waals surface area contributed by atoms with E-state index >= 15 is 0 Å². The molecule has 2 atom stereocenters. The predicted octanol–water partition coefficient (Wildman–Crippen LogP) is 7.19. The molecule has 0 aliphatic rings. The summed E-state index contributed by atoms with van der Waals surface area (Å²) in [6, 6.07) is 0. The number of likely N-dealkylation sites (N-methyl/N-ethyl adjacent to an activating group) is 2. The zero-order valence-electron chi connectivity index (χ0n) is 18.4. The van der Waals surface area contributed by atoms with Gasteiger partial charge in [-0.25, -0.2) is 0 Å². The Hall–Kier alpha value is -0.160. The monoisotopic (exact) mass is 518 g/mol. The number of quaternary nitrogens is 2. The van der Waals surface area contributed by atoms with E-state index in [-0.39, 0.29) is 0 Å². The maximum Gasteiger partial charge on any atom is 0.144 e. The molecule has 0 aliphatic carbocycles. The molecule has 0 fully saturated rings. The van der Waals surface area contributed by atoms with Crippen molar-refractivity contribution in [2.75, 3.05) is 40.3 Å². The fourth-order valence-electron chi connectivity index (χ4n) is 3.74. The summed E-state index contributed by atoms with van der Waals surface area (Å²) >= 11 is 7.82. The minimum atomic E-state index is 0.475. The van der Waals surface area contributed by atoms with Crippen molar-refractivity contribution in [1.82, 2.24) is 0 Å². The molecule has 2 unspecified atom stereocenters. The van der Waals surface area contributed by atoms with Crippen LogP contribution in [0.1, 0.15) is 51.4 Å². The molecule has 0 N–H and O–H groups in total. The predicted molar refractivity (Wildman–Crippen MR) is 135 cm³/mol. The molecule has 28 heavy (non-hydrogen) atoms. The molecule has 0 aromatic rings. The minimum absolute atomic E-state index is 0.475. The lowest BCUT2D eigenvalue weighted by Crippen LogP contribution is -2.49. The Kier molecular flexibility index (Phi) is 15.6. The zero-order valence-corrected chi connectivity index (χ0v) is 21.6. The SMILES string of the molecule is C=CC[N+](C)(CC=C)C(Br)CCCCCCCCC(Br)[N+](C)(CC=C)CC=C. The van der Waals surface area contributed by atoms with E-state index in [4.69, 9.17) is 0 Å². The van der Waals surface area contributed by atoms with Crippen LogP contribution in [0.3, 0.4) is 0 Å². The number of nitrogens with zero attached hydrogens (tertiary/aromatic N) is 2. The molecule has 0 spiro atoms. The van der Waals surface area contributed by atoms with E-state index < -0.39 is 0 Å². The van der Waals surface area contributed by atoms with Crippen LogP contribution in [-0.4, -0.2) is 59.1 Å². The summed E-state index contributed by atoms with van der Waals surface area (Å²) in [4.78, 5) is 0.950. The van der Waals surface area contributed by atoms with Gasteiger partial charge in [-0.1, -0.05) is 52.0 Å². The topological polar surface area (TPSA) is 0 Å². The number of rotatable bonds is 19. The molecule has 0 heterocycles. The molecular weight excluding hydrogens is 476 g/mol. The summed E-state index contributed by atoms with van der Waals surface area (Å²) < 4.78 is 1.90. The Morgan fingerprint density at radius 1 is 0.571 bits per heavy atom. The van der Waals surface area contributed by atoms with Crippen molar-refractivity contribution in [2.45, 2.75) is 61.3 Å². The Balaban J connectivity index is 4.00. The fourth-order valence-corrected chi connectivity index (χ4v) is 5.06. The van der Waals surface area contributed by atoms with Crippen molar-refractivity contribution in [3.8, 4) is 0 Å². The van der Waals surface area contributed by atoms with Gasteiger partial charge in [-0.05, 0) is 69.0 Å². The first-order valence-electron chi connectivity index (χ1n) is 10.7. The van der Waals surface area contributed by atoms with E-state index in [9.17, 15) is 0 Å². The van der Waals surface area contributed by atoms with Crippen molar-refractivity contribution in [2.24, 2.45) is 0 Å². The molecule has 0 saturated heterocycles. The maximum atomic E-state index is 3.91. The van der Waals surface area contributed by atoms with Gasteiger partial charge in [-0.3, -0.25) is 0 Å². The average molecular weight is 520 g/mol. The van der Waals surface area contributed by atoms with Gasteiger partial charge in [0.25, 0.3) is 0 Å². The summed E-state index contributed by atoms with van der Waals surface area (Å²) in [7, 11) is 4.56. The second kappa shape index (κ2) is 15.6. The molecule has 0 aromatic heterocycles. The van der Waals surface area contributed by atoms with Crippen LogP contribution in [0, 0.1) is 0 Å². The normalized spacial score (nSPS) is 14.3. The summed E-state index contributed by atoms with van der Waals surface area (Å²) in [6.07, 6.45) is 18.4. The van der Waals surface area contributed by atoms with Crippen LogP contribution < -0.4 is 0 Å². The number of hydrogen-bond donors (Lipinski definition) is 0. The second-order valence-corrected chi connectivity index (χ2v) is 10.5. The summed E-state index contributed by atoms with van der Waals surface area (Å²) in [5.74, 6) is 0. The van der Waals surface area contributed by atoms with Gasteiger partial charge in [-0.2, -0.15) is 0 Å². The van der Waals surface area contributed by atoms with Crippen LogP contribution >= 0.6 is 31.9 Å². The quantitative estimate of drug-likeness (QED) is 0.0556. The minimum Gasteiger partial charge on any atom is -0.308 e. The highest BCUT2D eigenvalue weighted by Crippen LogP contribution is 2.25. The third kappa shape index (κ3) is 10.6. The standard InChI is InChI=1S/C24H44Br2N2/c1-7-19-27(5,20-8-2)23(25)17-15-13-11-12-14-16-18-24(26)28(6,21-9-3)22-10-4/h7-10,23-24H,1-4,11-22H2,5-6H3/q+2. The number of hydrogen-bond acceptors (Lipinski definition) is 0. The van der Waals surface area contributed by atoms with E-state index in [1.54, 1.807) is 0 Å². The van der Waals surface area contributed by atoms with E-state index in [2.05, 4.69) is 72.3 Å². The van der Waals surface area contributed by atoms with Gasteiger partial charge in [0.1, 0.15) is 9.90 Å². The molecule has 0 saturated carbocycles. The van der Waals surface area contributed by atoms with Crippen LogP contribution in [0.15, 0.2) is 50.6 Å². The first kappa shape index (κ1) is 27.8. The lowest BCUT2D eigenvalue weighted by atomic mass is 10.1. The average Bonchev–Trinajstić information content (AvgIpc) is 2.64. The molecule has 4 heteroatoms. The number of unbranched alkanes of at least 4 members (excludes halogenated alkanes) is 5. The molecule has 162 valence electrons.